The average molecular weight is 308 g/mol. The van der Waals surface area contributed by atoms with Gasteiger partial charge in [-0.15, -0.1) is 0 Å². The molecule has 0 radical (unpaired) electrons. The minimum atomic E-state index is -3.68. The van der Waals surface area contributed by atoms with Gasteiger partial charge >= 0.3 is 0 Å². The van der Waals surface area contributed by atoms with E-state index in [1.54, 1.807) is 7.05 Å². The zero-order chi connectivity index (χ0) is 14.5. The molecule has 1 aromatic heterocycles. The van der Waals surface area contributed by atoms with Gasteiger partial charge in [0.25, 0.3) is 0 Å². The zero-order valence-electron chi connectivity index (χ0n) is 10.3. The molecule has 4 N–H and O–H groups in total. The Hall–Kier alpha value is -1.23. The molecule has 108 valence electrons. The lowest BCUT2D eigenvalue weighted by Crippen LogP contribution is -2.27. The van der Waals surface area contributed by atoms with E-state index in [2.05, 4.69) is 15.0 Å². The van der Waals surface area contributed by atoms with Gasteiger partial charge in [-0.1, -0.05) is 0 Å². The van der Waals surface area contributed by atoms with Crippen molar-refractivity contribution in [2.75, 3.05) is 24.7 Å². The van der Waals surface area contributed by atoms with E-state index in [1.165, 1.54) is 18.3 Å². The SMILES string of the molecule is CNc1ccc(S(=O)(=O)NCCCS(N)(=O)=O)cn1. The van der Waals surface area contributed by atoms with E-state index in [4.69, 9.17) is 5.14 Å². The van der Waals surface area contributed by atoms with Crippen LogP contribution in [0.5, 0.6) is 0 Å². The van der Waals surface area contributed by atoms with Crippen LogP contribution in [-0.2, 0) is 20.0 Å². The first-order chi connectivity index (χ1) is 8.74. The third kappa shape index (κ3) is 5.51. The number of rotatable bonds is 7. The molecule has 0 spiro atoms. The summed E-state index contributed by atoms with van der Waals surface area (Å²) in [6.45, 7) is -0.00740. The number of aromatic nitrogens is 1. The average Bonchev–Trinajstić information content (AvgIpc) is 2.34. The lowest BCUT2D eigenvalue weighted by molar-refractivity contribution is 0.576. The van der Waals surface area contributed by atoms with Crippen LogP contribution in [0, 0.1) is 0 Å². The van der Waals surface area contributed by atoms with Crippen LogP contribution in [0.25, 0.3) is 0 Å². The van der Waals surface area contributed by atoms with Gasteiger partial charge in [0, 0.05) is 19.8 Å². The molecule has 0 saturated heterocycles. The summed E-state index contributed by atoms with van der Waals surface area (Å²) in [5.74, 6) is 0.278. The fourth-order valence-corrected chi connectivity index (χ4v) is 2.82. The molecule has 0 bridgehead atoms. The van der Waals surface area contributed by atoms with Crippen molar-refractivity contribution in [3.8, 4) is 0 Å². The first-order valence-corrected chi connectivity index (χ1v) is 8.58. The van der Waals surface area contributed by atoms with Crippen LogP contribution in [0.4, 0.5) is 5.82 Å². The van der Waals surface area contributed by atoms with Gasteiger partial charge in [0.1, 0.15) is 10.7 Å². The highest BCUT2D eigenvalue weighted by atomic mass is 32.2. The van der Waals surface area contributed by atoms with Crippen molar-refractivity contribution in [1.29, 1.82) is 0 Å². The van der Waals surface area contributed by atoms with Crippen molar-refractivity contribution in [3.63, 3.8) is 0 Å². The second-order valence-corrected chi connectivity index (χ2v) is 7.25. The van der Waals surface area contributed by atoms with Crippen LogP contribution in [0.15, 0.2) is 23.2 Å². The van der Waals surface area contributed by atoms with Gasteiger partial charge in [0.05, 0.1) is 5.75 Å². The normalized spacial score (nSPS) is 12.3. The van der Waals surface area contributed by atoms with Crippen molar-refractivity contribution in [2.24, 2.45) is 5.14 Å². The molecule has 0 amide bonds. The lowest BCUT2D eigenvalue weighted by atomic mass is 10.5. The Balaban J connectivity index is 2.60. The minimum Gasteiger partial charge on any atom is -0.373 e. The van der Waals surface area contributed by atoms with Crippen LogP contribution in [0.2, 0.25) is 0 Å². The Bertz CT molecular complexity index is 610. The molecule has 1 aromatic rings. The predicted octanol–water partition coefficient (Wildman–Crippen LogP) is -0.920. The highest BCUT2D eigenvalue weighted by molar-refractivity contribution is 7.89. The number of nitrogens with two attached hydrogens (primary N) is 1. The van der Waals surface area contributed by atoms with Crippen LogP contribution >= 0.6 is 0 Å². The van der Waals surface area contributed by atoms with Crippen molar-refractivity contribution in [3.05, 3.63) is 18.3 Å². The predicted molar refractivity (Wildman–Crippen MR) is 71.6 cm³/mol. The highest BCUT2D eigenvalue weighted by Gasteiger charge is 2.14. The quantitative estimate of drug-likeness (QED) is 0.558. The number of nitrogens with one attached hydrogen (secondary N) is 2. The molecule has 0 atom stereocenters. The summed E-state index contributed by atoms with van der Waals surface area (Å²) >= 11 is 0. The van der Waals surface area contributed by atoms with E-state index in [9.17, 15) is 16.8 Å². The molecule has 8 nitrogen and oxygen atoms in total. The molecule has 0 aliphatic carbocycles. The Kier molecular flexibility index (Phi) is 5.23. The number of pyridine rings is 1. The molecule has 19 heavy (non-hydrogen) atoms. The molecule has 0 aromatic carbocycles. The maximum atomic E-state index is 11.8. The highest BCUT2D eigenvalue weighted by Crippen LogP contribution is 2.09. The van der Waals surface area contributed by atoms with Gasteiger partial charge in [0.15, 0.2) is 0 Å². The second kappa shape index (κ2) is 6.28. The smallest absolute Gasteiger partial charge is 0.242 e. The van der Waals surface area contributed by atoms with Gasteiger partial charge in [-0.25, -0.2) is 31.7 Å². The van der Waals surface area contributed by atoms with Crippen molar-refractivity contribution >= 4 is 25.9 Å². The molecule has 0 saturated carbocycles. The topological polar surface area (TPSA) is 131 Å². The van der Waals surface area contributed by atoms with Crippen LogP contribution < -0.4 is 15.2 Å². The maximum absolute atomic E-state index is 11.8. The molecular formula is C9H16N4O4S2. The van der Waals surface area contributed by atoms with Gasteiger partial charge in [0.2, 0.25) is 20.0 Å². The Labute approximate surface area is 112 Å². The van der Waals surface area contributed by atoms with Crippen LogP contribution in [-0.4, -0.2) is 41.2 Å². The summed E-state index contributed by atoms with van der Waals surface area (Å²) in [5, 5.41) is 7.57. The van der Waals surface area contributed by atoms with Gasteiger partial charge in [-0.2, -0.15) is 0 Å². The molecular weight excluding hydrogens is 292 g/mol. The van der Waals surface area contributed by atoms with E-state index in [0.717, 1.165) is 0 Å². The van der Waals surface area contributed by atoms with E-state index >= 15 is 0 Å². The summed E-state index contributed by atoms with van der Waals surface area (Å²) in [4.78, 5) is 3.90. The molecule has 10 heteroatoms. The van der Waals surface area contributed by atoms with Crippen molar-refractivity contribution in [1.82, 2.24) is 9.71 Å². The lowest BCUT2D eigenvalue weighted by Gasteiger charge is -2.06. The molecule has 0 unspecified atom stereocenters. The number of anilines is 1. The van der Waals surface area contributed by atoms with E-state index in [0.29, 0.717) is 5.82 Å². The Morgan fingerprint density at radius 3 is 2.42 bits per heavy atom. The summed E-state index contributed by atoms with van der Waals surface area (Å²) in [7, 11) is -5.58. The third-order valence-corrected chi connectivity index (χ3v) is 4.50. The van der Waals surface area contributed by atoms with E-state index < -0.39 is 20.0 Å². The van der Waals surface area contributed by atoms with E-state index in [-0.39, 0.29) is 23.6 Å². The monoisotopic (exact) mass is 308 g/mol. The number of sulfonamides is 2. The number of hydrogen-bond donors (Lipinski definition) is 3. The summed E-state index contributed by atoms with van der Waals surface area (Å²) in [6, 6.07) is 2.93. The van der Waals surface area contributed by atoms with Gasteiger partial charge < -0.3 is 5.32 Å². The molecule has 1 rings (SSSR count). The molecule has 0 aliphatic rings. The standard InChI is InChI=1S/C9H16N4O4S2/c1-11-9-4-3-8(7-12-9)19(16,17)13-5-2-6-18(10,14)15/h3-4,7,13H,2,5-6H2,1H3,(H,11,12)(H2,10,14,15). The van der Waals surface area contributed by atoms with Crippen molar-refractivity contribution < 1.29 is 16.8 Å². The largest absolute Gasteiger partial charge is 0.373 e. The zero-order valence-corrected chi connectivity index (χ0v) is 12.0. The van der Waals surface area contributed by atoms with Gasteiger partial charge in [-0.05, 0) is 18.6 Å². The minimum absolute atomic E-state index is 0.00740. The van der Waals surface area contributed by atoms with Gasteiger partial charge in [-0.3, -0.25) is 0 Å². The first kappa shape index (κ1) is 15.8. The fraction of sp³-hybridized carbons (Fsp3) is 0.444. The van der Waals surface area contributed by atoms with Crippen molar-refractivity contribution in [2.45, 2.75) is 11.3 Å². The number of hydrogen-bond acceptors (Lipinski definition) is 6. The fourth-order valence-electron chi connectivity index (χ4n) is 1.25. The third-order valence-electron chi connectivity index (χ3n) is 2.20. The number of primary sulfonamides is 1. The maximum Gasteiger partial charge on any atom is 0.242 e. The molecule has 0 aliphatic heterocycles. The Morgan fingerprint density at radius 2 is 1.95 bits per heavy atom. The Morgan fingerprint density at radius 1 is 1.26 bits per heavy atom. The van der Waals surface area contributed by atoms with Crippen LogP contribution in [0.3, 0.4) is 0 Å². The second-order valence-electron chi connectivity index (χ2n) is 3.75. The summed E-state index contributed by atoms with van der Waals surface area (Å²) in [5.41, 5.74) is 0. The summed E-state index contributed by atoms with van der Waals surface area (Å²) in [6.07, 6.45) is 1.33. The molecule has 0 fully saturated rings. The van der Waals surface area contributed by atoms with E-state index in [1.807, 2.05) is 0 Å². The number of nitrogens with zero attached hydrogens (tertiary/aromatic N) is 1. The summed E-state index contributed by atoms with van der Waals surface area (Å²) < 4.78 is 47.2. The first-order valence-electron chi connectivity index (χ1n) is 5.38. The molecule has 1 heterocycles. The van der Waals surface area contributed by atoms with Crippen LogP contribution in [0.1, 0.15) is 6.42 Å².